The zero-order valence-electron chi connectivity index (χ0n) is 14.8. The molecule has 0 aliphatic carbocycles. The van der Waals surface area contributed by atoms with E-state index in [1.54, 1.807) is 24.3 Å². The lowest BCUT2D eigenvalue weighted by Gasteiger charge is -2.08. The number of sulfonamides is 1. The minimum Gasteiger partial charge on any atom is -0.351 e. The van der Waals surface area contributed by atoms with E-state index >= 15 is 0 Å². The molecule has 0 atom stereocenters. The third-order valence-electron chi connectivity index (χ3n) is 3.78. The van der Waals surface area contributed by atoms with Crippen molar-refractivity contribution < 1.29 is 18.1 Å². The summed E-state index contributed by atoms with van der Waals surface area (Å²) in [7, 11) is -3.94. The highest BCUT2D eigenvalue weighted by Crippen LogP contribution is 2.16. The molecule has 1 aromatic heterocycles. The van der Waals surface area contributed by atoms with Crippen LogP contribution in [0.3, 0.4) is 0 Å². The second-order valence-corrected chi connectivity index (χ2v) is 7.48. The normalized spacial score (nSPS) is 11.2. The molecule has 0 unspecified atom stereocenters. The Morgan fingerprint density at radius 2 is 1.90 bits per heavy atom. The molecule has 0 radical (unpaired) electrons. The van der Waals surface area contributed by atoms with Crippen molar-refractivity contribution in [3.63, 3.8) is 0 Å². The lowest BCUT2D eigenvalue weighted by Crippen LogP contribution is -2.34. The van der Waals surface area contributed by atoms with Gasteiger partial charge in [0.05, 0.1) is 15.5 Å². The third-order valence-corrected chi connectivity index (χ3v) is 5.24. The van der Waals surface area contributed by atoms with Crippen LogP contribution in [-0.4, -0.2) is 52.5 Å². The van der Waals surface area contributed by atoms with E-state index in [0.717, 1.165) is 6.07 Å². The Kier molecular flexibility index (Phi) is 5.90. The van der Waals surface area contributed by atoms with E-state index in [-0.39, 0.29) is 29.6 Å². The second kappa shape index (κ2) is 8.53. The number of nitrogens with zero attached hydrogens (tertiary/aromatic N) is 5. The zero-order valence-corrected chi connectivity index (χ0v) is 15.6. The Morgan fingerprint density at radius 3 is 2.55 bits per heavy atom. The summed E-state index contributed by atoms with van der Waals surface area (Å²) in [5, 5.41) is 24.1. The maximum absolute atomic E-state index is 12.2. The van der Waals surface area contributed by atoms with Crippen LogP contribution in [0.4, 0.5) is 5.69 Å². The van der Waals surface area contributed by atoms with Crippen LogP contribution in [0.15, 0.2) is 59.8 Å². The first-order valence-corrected chi connectivity index (χ1v) is 9.71. The second-order valence-electron chi connectivity index (χ2n) is 5.71. The quantitative estimate of drug-likeness (QED) is 0.300. The molecule has 0 spiro atoms. The van der Waals surface area contributed by atoms with E-state index < -0.39 is 14.9 Å². The molecule has 150 valence electrons. The zero-order chi connectivity index (χ0) is 20.9. The van der Waals surface area contributed by atoms with Crippen molar-refractivity contribution in [3.8, 4) is 5.69 Å². The average Bonchev–Trinajstić information content (AvgIpc) is 3.26. The first-order valence-electron chi connectivity index (χ1n) is 8.22. The molecule has 3 rings (SSSR count). The van der Waals surface area contributed by atoms with Crippen molar-refractivity contribution in [2.24, 2.45) is 0 Å². The maximum Gasteiger partial charge on any atom is 0.270 e. The number of nitro benzene ring substituents is 1. The minimum absolute atomic E-state index is 0.0295. The molecule has 0 bridgehead atoms. The number of hydrogen-bond donors (Lipinski definition) is 2. The number of tetrazole rings is 1. The van der Waals surface area contributed by atoms with Gasteiger partial charge in [-0.05, 0) is 40.8 Å². The fourth-order valence-corrected chi connectivity index (χ4v) is 3.43. The topological polar surface area (TPSA) is 162 Å². The molecular weight excluding hydrogens is 402 g/mol. The van der Waals surface area contributed by atoms with Crippen LogP contribution >= 0.6 is 0 Å². The van der Waals surface area contributed by atoms with Crippen molar-refractivity contribution in [1.29, 1.82) is 0 Å². The number of carbonyl (C=O) groups is 1. The van der Waals surface area contributed by atoms with Gasteiger partial charge in [0, 0.05) is 30.8 Å². The summed E-state index contributed by atoms with van der Waals surface area (Å²) in [5.74, 6) is -0.386. The van der Waals surface area contributed by atoms with Gasteiger partial charge in [0.1, 0.15) is 6.33 Å². The van der Waals surface area contributed by atoms with Crippen molar-refractivity contribution in [2.75, 3.05) is 13.1 Å². The molecular formula is C16H15N7O5S. The van der Waals surface area contributed by atoms with Crippen LogP contribution in [0.5, 0.6) is 0 Å². The van der Waals surface area contributed by atoms with Gasteiger partial charge in [0.25, 0.3) is 11.6 Å². The van der Waals surface area contributed by atoms with Crippen molar-refractivity contribution >= 4 is 21.6 Å². The largest absolute Gasteiger partial charge is 0.351 e. The maximum atomic E-state index is 12.2. The van der Waals surface area contributed by atoms with Crippen LogP contribution in [0.2, 0.25) is 0 Å². The lowest BCUT2D eigenvalue weighted by molar-refractivity contribution is -0.385. The summed E-state index contributed by atoms with van der Waals surface area (Å²) in [6.07, 6.45) is 1.42. The highest BCUT2D eigenvalue weighted by atomic mass is 32.2. The van der Waals surface area contributed by atoms with Gasteiger partial charge in [-0.1, -0.05) is 6.07 Å². The third kappa shape index (κ3) is 4.97. The standard InChI is InChI=1S/C16H15N7O5S/c24-16(12-4-6-13(7-5-12)22-11-18-20-21-22)17-8-9-19-29(27,28)15-3-1-2-14(10-15)23(25)26/h1-7,10-11,19H,8-9H2,(H,17,24). The first-order chi connectivity index (χ1) is 13.9. The molecule has 0 saturated carbocycles. The fourth-order valence-electron chi connectivity index (χ4n) is 2.36. The Morgan fingerprint density at radius 1 is 1.14 bits per heavy atom. The number of amides is 1. The number of rotatable bonds is 8. The highest BCUT2D eigenvalue weighted by molar-refractivity contribution is 7.89. The van der Waals surface area contributed by atoms with Gasteiger partial charge in [-0.15, -0.1) is 5.10 Å². The van der Waals surface area contributed by atoms with E-state index in [2.05, 4.69) is 25.6 Å². The molecule has 12 nitrogen and oxygen atoms in total. The van der Waals surface area contributed by atoms with Crippen molar-refractivity contribution in [1.82, 2.24) is 30.2 Å². The van der Waals surface area contributed by atoms with Crippen LogP contribution in [-0.2, 0) is 10.0 Å². The van der Waals surface area contributed by atoms with Gasteiger partial charge in [0.15, 0.2) is 0 Å². The summed E-state index contributed by atoms with van der Waals surface area (Å²) in [6, 6.07) is 11.2. The SMILES string of the molecule is O=C(NCCNS(=O)(=O)c1cccc([N+](=O)[O-])c1)c1ccc(-n2cnnn2)cc1. The number of nitrogens with one attached hydrogen (secondary N) is 2. The number of nitro groups is 1. The van der Waals surface area contributed by atoms with Gasteiger partial charge in [-0.2, -0.15) is 0 Å². The summed E-state index contributed by atoms with van der Waals surface area (Å²) in [4.78, 5) is 22.0. The highest BCUT2D eigenvalue weighted by Gasteiger charge is 2.17. The van der Waals surface area contributed by atoms with Gasteiger partial charge < -0.3 is 5.32 Å². The molecule has 0 saturated heterocycles. The van der Waals surface area contributed by atoms with Crippen LogP contribution in [0.1, 0.15) is 10.4 Å². The molecule has 1 heterocycles. The predicted octanol–water partition coefficient (Wildman–Crippen LogP) is 0.279. The van der Waals surface area contributed by atoms with E-state index in [1.165, 1.54) is 29.2 Å². The molecule has 3 aromatic rings. The summed E-state index contributed by atoms with van der Waals surface area (Å²) in [5.41, 5.74) is 0.728. The number of aromatic nitrogens is 4. The van der Waals surface area contributed by atoms with Crippen LogP contribution < -0.4 is 10.0 Å². The van der Waals surface area contributed by atoms with Crippen molar-refractivity contribution in [3.05, 3.63) is 70.5 Å². The molecule has 2 N–H and O–H groups in total. The molecule has 0 aliphatic heterocycles. The number of non-ortho nitro benzene ring substituents is 1. The van der Waals surface area contributed by atoms with Crippen LogP contribution in [0, 0.1) is 10.1 Å². The van der Waals surface area contributed by atoms with E-state index in [4.69, 9.17) is 0 Å². The van der Waals surface area contributed by atoms with Gasteiger partial charge in [-0.3, -0.25) is 14.9 Å². The predicted molar refractivity (Wildman–Crippen MR) is 99.8 cm³/mol. The van der Waals surface area contributed by atoms with Crippen LogP contribution in [0.25, 0.3) is 5.69 Å². The molecule has 29 heavy (non-hydrogen) atoms. The first kappa shape index (κ1) is 20.0. The molecule has 13 heteroatoms. The van der Waals surface area contributed by atoms with Gasteiger partial charge >= 0.3 is 0 Å². The average molecular weight is 417 g/mol. The lowest BCUT2D eigenvalue weighted by atomic mass is 10.2. The van der Waals surface area contributed by atoms with Gasteiger partial charge in [-0.25, -0.2) is 17.8 Å². The summed E-state index contributed by atoms with van der Waals surface area (Å²) < 4.78 is 28.1. The number of benzene rings is 2. The Labute approximate surface area is 164 Å². The van der Waals surface area contributed by atoms with E-state index in [0.29, 0.717) is 11.3 Å². The smallest absolute Gasteiger partial charge is 0.270 e. The molecule has 0 fully saturated rings. The number of carbonyl (C=O) groups excluding carboxylic acids is 1. The summed E-state index contributed by atoms with van der Waals surface area (Å²) in [6.45, 7) is -0.0544. The van der Waals surface area contributed by atoms with Crippen molar-refractivity contribution in [2.45, 2.75) is 4.90 Å². The Balaban J connectivity index is 1.52. The Bertz CT molecular complexity index is 1110. The van der Waals surface area contributed by atoms with E-state index in [1.807, 2.05) is 0 Å². The monoisotopic (exact) mass is 417 g/mol. The Hall–Kier alpha value is -3.71. The van der Waals surface area contributed by atoms with E-state index in [9.17, 15) is 23.3 Å². The number of hydrogen-bond acceptors (Lipinski definition) is 8. The molecule has 1 amide bonds. The fraction of sp³-hybridized carbons (Fsp3) is 0.125. The van der Waals surface area contributed by atoms with Gasteiger partial charge in [0.2, 0.25) is 10.0 Å². The minimum atomic E-state index is -3.94. The molecule has 0 aliphatic rings. The molecule has 2 aromatic carbocycles. The summed E-state index contributed by atoms with van der Waals surface area (Å²) >= 11 is 0.